The third kappa shape index (κ3) is 3.20. The molecule has 0 aliphatic rings. The largest absolute Gasteiger partial charge is 0.326 e. The van der Waals surface area contributed by atoms with E-state index >= 15 is 0 Å². The van der Waals surface area contributed by atoms with Crippen LogP contribution in [0.15, 0.2) is 27.7 Å². The minimum absolute atomic E-state index is 0.255. The highest BCUT2D eigenvalue weighted by Crippen LogP contribution is 2.27. The third-order valence-corrected chi connectivity index (χ3v) is 6.21. The van der Waals surface area contributed by atoms with Crippen LogP contribution >= 0.6 is 27.3 Å². The first-order valence-electron chi connectivity index (χ1n) is 5.78. The summed E-state index contributed by atoms with van der Waals surface area (Å²) >= 11 is 4.71. The number of anilines is 1. The number of thiophene rings is 1. The molecule has 20 heavy (non-hydrogen) atoms. The number of aromatic nitrogens is 1. The lowest BCUT2D eigenvalue weighted by Gasteiger charge is -2.08. The number of aryl methyl sites for hydroxylation is 2. The first-order valence-corrected chi connectivity index (χ1v) is 8.87. The molecule has 0 bridgehead atoms. The van der Waals surface area contributed by atoms with Crippen LogP contribution in [-0.2, 0) is 16.6 Å². The molecule has 0 atom stereocenters. The summed E-state index contributed by atoms with van der Waals surface area (Å²) in [4.78, 5) is 5.85. The lowest BCUT2D eigenvalue weighted by molar-refractivity contribution is 0.601. The molecule has 0 amide bonds. The van der Waals surface area contributed by atoms with E-state index in [1.807, 2.05) is 6.92 Å². The van der Waals surface area contributed by atoms with Gasteiger partial charge in [0, 0.05) is 27.0 Å². The Bertz CT molecular complexity index is 741. The third-order valence-electron chi connectivity index (χ3n) is 2.70. The van der Waals surface area contributed by atoms with Gasteiger partial charge in [0.15, 0.2) is 0 Å². The summed E-state index contributed by atoms with van der Waals surface area (Å²) in [6, 6.07) is 3.28. The Labute approximate surface area is 130 Å². The Morgan fingerprint density at radius 2 is 2.10 bits per heavy atom. The zero-order valence-corrected chi connectivity index (χ0v) is 14.2. The number of nitrogens with one attached hydrogen (secondary N) is 1. The Morgan fingerprint density at radius 3 is 2.65 bits per heavy atom. The minimum Gasteiger partial charge on any atom is -0.326 e. The van der Waals surface area contributed by atoms with Gasteiger partial charge in [0.2, 0.25) is 0 Å². The maximum atomic E-state index is 12.4. The molecule has 5 nitrogen and oxygen atoms in total. The lowest BCUT2D eigenvalue weighted by Crippen LogP contribution is -2.14. The normalized spacial score (nSPS) is 11.6. The van der Waals surface area contributed by atoms with Gasteiger partial charge in [-0.15, -0.1) is 11.3 Å². The number of pyridine rings is 1. The Kier molecular flexibility index (Phi) is 4.48. The number of halogens is 1. The van der Waals surface area contributed by atoms with Crippen LogP contribution in [0.2, 0.25) is 0 Å². The van der Waals surface area contributed by atoms with Crippen molar-refractivity contribution in [2.75, 3.05) is 4.72 Å². The fourth-order valence-corrected chi connectivity index (χ4v) is 4.41. The quantitative estimate of drug-likeness (QED) is 0.859. The topological polar surface area (TPSA) is 85.1 Å². The van der Waals surface area contributed by atoms with Gasteiger partial charge in [0.25, 0.3) is 10.0 Å². The van der Waals surface area contributed by atoms with Gasteiger partial charge in [-0.25, -0.2) is 13.4 Å². The SMILES string of the molecule is Cc1cc(NS(=O)(=O)c2cc(CN)sc2C)ncc1Br. The smallest absolute Gasteiger partial charge is 0.264 e. The van der Waals surface area contributed by atoms with Gasteiger partial charge >= 0.3 is 0 Å². The summed E-state index contributed by atoms with van der Waals surface area (Å²) in [6.45, 7) is 3.96. The molecule has 0 aliphatic heterocycles. The molecule has 3 N–H and O–H groups in total. The van der Waals surface area contributed by atoms with Crippen molar-refractivity contribution in [3.05, 3.63) is 38.1 Å². The van der Waals surface area contributed by atoms with E-state index in [1.54, 1.807) is 25.3 Å². The molecule has 0 saturated carbocycles. The molecule has 0 radical (unpaired) electrons. The van der Waals surface area contributed by atoms with E-state index in [4.69, 9.17) is 5.73 Å². The Hall–Kier alpha value is -0.960. The molecule has 0 spiro atoms. The van der Waals surface area contributed by atoms with E-state index in [9.17, 15) is 8.42 Å². The van der Waals surface area contributed by atoms with Crippen molar-refractivity contribution < 1.29 is 8.42 Å². The van der Waals surface area contributed by atoms with Crippen molar-refractivity contribution in [1.82, 2.24) is 4.98 Å². The van der Waals surface area contributed by atoms with Crippen LogP contribution in [0.5, 0.6) is 0 Å². The van der Waals surface area contributed by atoms with Crippen molar-refractivity contribution in [2.45, 2.75) is 25.3 Å². The fourth-order valence-electron chi connectivity index (χ4n) is 1.68. The van der Waals surface area contributed by atoms with Gasteiger partial charge in [-0.2, -0.15) is 0 Å². The zero-order valence-electron chi connectivity index (χ0n) is 11.0. The molecule has 2 rings (SSSR count). The fraction of sp³-hybridized carbons (Fsp3) is 0.250. The number of sulfonamides is 1. The molecule has 0 saturated heterocycles. The van der Waals surface area contributed by atoms with E-state index in [1.165, 1.54) is 11.3 Å². The predicted octanol–water partition coefficient (Wildman–Crippen LogP) is 2.78. The molecule has 0 fully saturated rings. The van der Waals surface area contributed by atoms with E-state index in [-0.39, 0.29) is 4.90 Å². The van der Waals surface area contributed by atoms with Crippen LogP contribution < -0.4 is 10.5 Å². The van der Waals surface area contributed by atoms with E-state index in [0.29, 0.717) is 17.2 Å². The van der Waals surface area contributed by atoms with E-state index in [2.05, 4.69) is 25.6 Å². The summed E-state index contributed by atoms with van der Waals surface area (Å²) in [5, 5.41) is 0. The average Bonchev–Trinajstić information content (AvgIpc) is 2.76. The monoisotopic (exact) mass is 375 g/mol. The van der Waals surface area contributed by atoms with Gasteiger partial charge in [-0.1, -0.05) is 0 Å². The summed E-state index contributed by atoms with van der Waals surface area (Å²) in [5.74, 6) is 0.297. The maximum absolute atomic E-state index is 12.4. The second kappa shape index (κ2) is 5.80. The predicted molar refractivity (Wildman–Crippen MR) is 84.4 cm³/mol. The van der Waals surface area contributed by atoms with Crippen molar-refractivity contribution in [3.63, 3.8) is 0 Å². The standard InChI is InChI=1S/C12H14BrN3O2S2/c1-7-3-12(15-6-10(7)13)16-20(17,18)11-4-9(5-14)19-8(11)2/h3-4,6H,5,14H2,1-2H3,(H,15,16). The van der Waals surface area contributed by atoms with Gasteiger partial charge in [0.05, 0.1) is 0 Å². The highest BCUT2D eigenvalue weighted by Gasteiger charge is 2.20. The summed E-state index contributed by atoms with van der Waals surface area (Å²) in [6.07, 6.45) is 1.57. The Morgan fingerprint density at radius 1 is 1.40 bits per heavy atom. The van der Waals surface area contributed by atoms with Crippen molar-refractivity contribution in [3.8, 4) is 0 Å². The lowest BCUT2D eigenvalue weighted by atomic mass is 10.3. The first kappa shape index (κ1) is 15.4. The number of hydrogen-bond acceptors (Lipinski definition) is 5. The Balaban J connectivity index is 2.35. The van der Waals surface area contributed by atoms with Gasteiger partial charge < -0.3 is 5.73 Å². The highest BCUT2D eigenvalue weighted by atomic mass is 79.9. The molecule has 108 valence electrons. The van der Waals surface area contributed by atoms with Crippen LogP contribution in [0, 0.1) is 13.8 Å². The zero-order chi connectivity index (χ0) is 14.9. The van der Waals surface area contributed by atoms with Crippen molar-refractivity contribution in [2.24, 2.45) is 5.73 Å². The second-order valence-corrected chi connectivity index (χ2v) is 8.11. The number of hydrogen-bond donors (Lipinski definition) is 2. The van der Waals surface area contributed by atoms with Crippen LogP contribution in [0.25, 0.3) is 0 Å². The molecule has 2 heterocycles. The van der Waals surface area contributed by atoms with Crippen LogP contribution in [0.3, 0.4) is 0 Å². The minimum atomic E-state index is -3.64. The molecular weight excluding hydrogens is 362 g/mol. The van der Waals surface area contributed by atoms with Gasteiger partial charge in [0.1, 0.15) is 10.7 Å². The average molecular weight is 376 g/mol. The van der Waals surface area contributed by atoms with Crippen LogP contribution in [0.4, 0.5) is 5.82 Å². The van der Waals surface area contributed by atoms with Crippen LogP contribution in [-0.4, -0.2) is 13.4 Å². The van der Waals surface area contributed by atoms with Crippen LogP contribution in [0.1, 0.15) is 15.3 Å². The first-order chi connectivity index (χ1) is 9.33. The summed E-state index contributed by atoms with van der Waals surface area (Å²) < 4.78 is 28.0. The molecular formula is C12H14BrN3O2S2. The molecule has 2 aromatic rings. The summed E-state index contributed by atoms with van der Waals surface area (Å²) in [5.41, 5.74) is 6.45. The molecule has 2 aromatic heterocycles. The molecule has 0 aliphatic carbocycles. The van der Waals surface area contributed by atoms with Crippen molar-refractivity contribution in [1.29, 1.82) is 0 Å². The second-order valence-electron chi connectivity index (χ2n) is 4.26. The van der Waals surface area contributed by atoms with E-state index < -0.39 is 10.0 Å². The number of rotatable bonds is 4. The highest BCUT2D eigenvalue weighted by molar-refractivity contribution is 9.10. The van der Waals surface area contributed by atoms with Gasteiger partial charge in [-0.3, -0.25) is 4.72 Å². The molecule has 0 aromatic carbocycles. The van der Waals surface area contributed by atoms with Gasteiger partial charge in [-0.05, 0) is 47.5 Å². The van der Waals surface area contributed by atoms with E-state index in [0.717, 1.165) is 14.9 Å². The molecule has 0 unspecified atom stereocenters. The van der Waals surface area contributed by atoms with Crippen molar-refractivity contribution >= 4 is 43.1 Å². The maximum Gasteiger partial charge on any atom is 0.264 e. The number of nitrogens with zero attached hydrogens (tertiary/aromatic N) is 1. The number of nitrogens with two attached hydrogens (primary N) is 1. The summed E-state index contributed by atoms with van der Waals surface area (Å²) in [7, 11) is -3.64. The molecule has 8 heteroatoms.